The zero-order chi connectivity index (χ0) is 16.6. The van der Waals surface area contributed by atoms with Gasteiger partial charge < -0.3 is 19.2 Å². The smallest absolute Gasteiger partial charge is 0.407 e. The van der Waals surface area contributed by atoms with Crippen LogP contribution in [0.15, 0.2) is 28.9 Å². The van der Waals surface area contributed by atoms with E-state index in [1.165, 1.54) is 18.4 Å². The molecule has 1 fully saturated rings. The van der Waals surface area contributed by atoms with Gasteiger partial charge in [-0.05, 0) is 6.07 Å². The Morgan fingerprint density at radius 2 is 2.30 bits per heavy atom. The number of alkyl halides is 1. The molecule has 1 saturated heterocycles. The number of carbonyl (C=O) groups is 1. The van der Waals surface area contributed by atoms with E-state index in [2.05, 4.69) is 0 Å². The summed E-state index contributed by atoms with van der Waals surface area (Å²) < 4.78 is 24.9. The minimum absolute atomic E-state index is 0.0793. The molecule has 0 radical (unpaired) electrons. The summed E-state index contributed by atoms with van der Waals surface area (Å²) >= 11 is 0. The third kappa shape index (κ3) is 2.89. The summed E-state index contributed by atoms with van der Waals surface area (Å²) in [5.74, 6) is 0.0793. The molecule has 1 amide bonds. The van der Waals surface area contributed by atoms with E-state index in [1.54, 1.807) is 6.07 Å². The van der Waals surface area contributed by atoms with E-state index in [0.717, 1.165) is 4.90 Å². The number of halogens is 1. The Bertz CT molecular complexity index is 761. The number of non-ortho nitro benzene ring substituents is 1. The number of fused-ring (bicyclic) bond motifs is 1. The van der Waals surface area contributed by atoms with Crippen LogP contribution in [0.25, 0.3) is 11.0 Å². The van der Waals surface area contributed by atoms with Crippen molar-refractivity contribution in [2.24, 2.45) is 0 Å². The zero-order valence-corrected chi connectivity index (χ0v) is 11.8. The Labute approximate surface area is 129 Å². The number of benzene rings is 1. The van der Waals surface area contributed by atoms with Gasteiger partial charge in [0.1, 0.15) is 6.10 Å². The second-order valence-electron chi connectivity index (χ2n) is 5.23. The fourth-order valence-electron chi connectivity index (χ4n) is 2.58. The predicted molar refractivity (Wildman–Crippen MR) is 76.4 cm³/mol. The van der Waals surface area contributed by atoms with Gasteiger partial charge in [-0.2, -0.15) is 0 Å². The number of piperidine rings is 1. The lowest BCUT2D eigenvalue weighted by Gasteiger charge is -2.32. The quantitative estimate of drug-likeness (QED) is 0.687. The van der Waals surface area contributed by atoms with Crippen LogP contribution < -0.4 is 4.74 Å². The van der Waals surface area contributed by atoms with Crippen molar-refractivity contribution in [1.29, 1.82) is 0 Å². The average molecular weight is 324 g/mol. The van der Waals surface area contributed by atoms with Crippen LogP contribution in [0.1, 0.15) is 6.42 Å². The maximum Gasteiger partial charge on any atom is 0.407 e. The van der Waals surface area contributed by atoms with E-state index >= 15 is 0 Å². The molecular weight excluding hydrogens is 311 g/mol. The number of likely N-dealkylation sites (tertiary alicyclic amines) is 1. The number of nitro groups is 1. The van der Waals surface area contributed by atoms with Crippen LogP contribution in [0.4, 0.5) is 14.9 Å². The minimum Gasteiger partial charge on any atom is -0.483 e. The Hall–Kier alpha value is -2.84. The molecule has 122 valence electrons. The van der Waals surface area contributed by atoms with Crippen molar-refractivity contribution in [3.05, 3.63) is 34.6 Å². The van der Waals surface area contributed by atoms with Crippen LogP contribution in [0.5, 0.6) is 5.75 Å². The number of hydrogen-bond acceptors (Lipinski definition) is 5. The van der Waals surface area contributed by atoms with Crippen LogP contribution in [-0.2, 0) is 0 Å². The second kappa shape index (κ2) is 5.75. The Morgan fingerprint density at radius 1 is 1.52 bits per heavy atom. The highest BCUT2D eigenvalue weighted by atomic mass is 19.1. The Kier molecular flexibility index (Phi) is 3.77. The predicted octanol–water partition coefficient (Wildman–Crippen LogP) is 2.81. The maximum atomic E-state index is 14.1. The summed E-state index contributed by atoms with van der Waals surface area (Å²) in [7, 11) is 0. The lowest BCUT2D eigenvalue weighted by atomic mass is 10.1. The first kappa shape index (κ1) is 15.1. The summed E-state index contributed by atoms with van der Waals surface area (Å²) in [6, 6.07) is 4.07. The molecule has 2 aromatic rings. The molecule has 1 aliphatic rings. The summed E-state index contributed by atoms with van der Waals surface area (Å²) in [4.78, 5) is 22.2. The third-order valence-corrected chi connectivity index (χ3v) is 3.74. The molecule has 2 heterocycles. The summed E-state index contributed by atoms with van der Waals surface area (Å²) in [6.45, 7) is -0.160. The maximum absolute atomic E-state index is 14.1. The first-order valence-corrected chi connectivity index (χ1v) is 6.90. The van der Waals surface area contributed by atoms with Gasteiger partial charge in [0.15, 0.2) is 17.5 Å². The highest BCUT2D eigenvalue weighted by Gasteiger charge is 2.33. The molecule has 1 aliphatic heterocycles. The minimum atomic E-state index is -1.52. The lowest BCUT2D eigenvalue weighted by Crippen LogP contribution is -2.48. The van der Waals surface area contributed by atoms with Gasteiger partial charge in [0.25, 0.3) is 5.69 Å². The molecule has 8 nitrogen and oxygen atoms in total. The molecule has 0 spiro atoms. The third-order valence-electron chi connectivity index (χ3n) is 3.74. The van der Waals surface area contributed by atoms with Gasteiger partial charge in [-0.25, -0.2) is 9.18 Å². The van der Waals surface area contributed by atoms with Crippen molar-refractivity contribution in [1.82, 2.24) is 4.90 Å². The van der Waals surface area contributed by atoms with Crippen LogP contribution >= 0.6 is 0 Å². The first-order chi connectivity index (χ1) is 11.0. The summed E-state index contributed by atoms with van der Waals surface area (Å²) in [5.41, 5.74) is 0.107. The van der Waals surface area contributed by atoms with E-state index in [4.69, 9.17) is 14.3 Å². The number of rotatable bonds is 3. The zero-order valence-electron chi connectivity index (χ0n) is 11.8. The van der Waals surface area contributed by atoms with E-state index in [-0.39, 0.29) is 30.9 Å². The van der Waals surface area contributed by atoms with Crippen LogP contribution in [0.2, 0.25) is 0 Å². The van der Waals surface area contributed by atoms with Crippen LogP contribution in [0.3, 0.4) is 0 Å². The number of furan rings is 1. The topological polar surface area (TPSA) is 106 Å². The Balaban J connectivity index is 1.85. The van der Waals surface area contributed by atoms with Gasteiger partial charge in [-0.3, -0.25) is 10.1 Å². The monoisotopic (exact) mass is 324 g/mol. The second-order valence-corrected chi connectivity index (χ2v) is 5.23. The van der Waals surface area contributed by atoms with Crippen molar-refractivity contribution >= 4 is 22.7 Å². The fraction of sp³-hybridized carbons (Fsp3) is 0.357. The molecule has 1 N–H and O–H groups in total. The molecule has 0 aliphatic carbocycles. The lowest BCUT2D eigenvalue weighted by molar-refractivity contribution is -0.384. The SMILES string of the molecule is O=C(O)N1CC[C@@H](Oc2cc([N+](=O)[O-])cc3ccoc23)[C@H](F)C1. The standard InChI is InChI=1S/C14H13FN2O6/c15-10-7-16(14(18)19)3-1-11(10)23-12-6-9(17(20)21)5-8-2-4-22-13(8)12/h2,4-6,10-11H,1,3,7H2,(H,18,19)/t10-,11-/m1/s1. The Morgan fingerprint density at radius 3 is 2.96 bits per heavy atom. The normalized spacial score (nSPS) is 21.3. The number of amides is 1. The van der Waals surface area contributed by atoms with Gasteiger partial charge in [-0.1, -0.05) is 0 Å². The highest BCUT2D eigenvalue weighted by Crippen LogP contribution is 2.34. The first-order valence-electron chi connectivity index (χ1n) is 6.90. The average Bonchev–Trinajstić information content (AvgIpc) is 2.97. The van der Waals surface area contributed by atoms with Crippen molar-refractivity contribution in [2.45, 2.75) is 18.7 Å². The highest BCUT2D eigenvalue weighted by molar-refractivity contribution is 5.85. The van der Waals surface area contributed by atoms with Gasteiger partial charge >= 0.3 is 6.09 Å². The molecule has 23 heavy (non-hydrogen) atoms. The number of ether oxygens (including phenoxy) is 1. The number of nitro benzene ring substituents is 1. The van der Waals surface area contributed by atoms with E-state index < -0.39 is 23.3 Å². The van der Waals surface area contributed by atoms with Crippen molar-refractivity contribution < 1.29 is 28.4 Å². The molecule has 2 atom stereocenters. The van der Waals surface area contributed by atoms with Gasteiger partial charge in [0, 0.05) is 24.4 Å². The fourth-order valence-corrected chi connectivity index (χ4v) is 2.58. The van der Waals surface area contributed by atoms with Gasteiger partial charge in [-0.15, -0.1) is 0 Å². The van der Waals surface area contributed by atoms with Crippen molar-refractivity contribution in [2.75, 3.05) is 13.1 Å². The molecule has 0 unspecified atom stereocenters. The van der Waals surface area contributed by atoms with Gasteiger partial charge in [0.05, 0.1) is 23.8 Å². The summed E-state index contributed by atoms with van der Waals surface area (Å²) in [5, 5.41) is 20.3. The largest absolute Gasteiger partial charge is 0.483 e. The molecule has 0 bridgehead atoms. The number of nitrogens with zero attached hydrogens (tertiary/aromatic N) is 2. The van der Waals surface area contributed by atoms with Crippen LogP contribution in [0, 0.1) is 10.1 Å². The van der Waals surface area contributed by atoms with E-state index in [9.17, 15) is 19.3 Å². The van der Waals surface area contributed by atoms with Crippen molar-refractivity contribution in [3.8, 4) is 5.75 Å². The molecule has 1 aromatic heterocycles. The van der Waals surface area contributed by atoms with E-state index in [0.29, 0.717) is 11.0 Å². The molecule has 9 heteroatoms. The summed E-state index contributed by atoms with van der Waals surface area (Å²) in [6.07, 6.45) is -2.08. The number of hydrogen-bond donors (Lipinski definition) is 1. The van der Waals surface area contributed by atoms with Crippen LogP contribution in [-0.4, -0.2) is 46.4 Å². The molecule has 3 rings (SSSR count). The molecular formula is C14H13FN2O6. The van der Waals surface area contributed by atoms with E-state index in [1.807, 2.05) is 0 Å². The molecule has 1 aromatic carbocycles. The van der Waals surface area contributed by atoms with Gasteiger partial charge in [0.2, 0.25) is 0 Å². The van der Waals surface area contributed by atoms with Crippen molar-refractivity contribution in [3.63, 3.8) is 0 Å². The molecule has 0 saturated carbocycles. The number of carboxylic acid groups (broad SMARTS) is 1.